The van der Waals surface area contributed by atoms with Crippen molar-refractivity contribution in [2.45, 2.75) is 13.8 Å². The van der Waals surface area contributed by atoms with E-state index in [4.69, 9.17) is 10.8 Å². The Morgan fingerprint density at radius 3 is 2.30 bits per heavy atom. The Morgan fingerprint density at radius 2 is 2.20 bits per heavy atom. The first-order chi connectivity index (χ1) is 4.51. The van der Waals surface area contributed by atoms with E-state index in [2.05, 4.69) is 0 Å². The van der Waals surface area contributed by atoms with Crippen LogP contribution in [0.2, 0.25) is 0 Å². The molecule has 0 bridgehead atoms. The van der Waals surface area contributed by atoms with E-state index in [-0.39, 0.29) is 17.3 Å². The van der Waals surface area contributed by atoms with E-state index in [1.807, 2.05) is 13.8 Å². The molecular weight excluding hydrogens is 130 g/mol. The molecule has 1 rings (SSSR count). The summed E-state index contributed by atoms with van der Waals surface area (Å²) in [7, 11) is 0. The molecule has 0 aliphatic heterocycles. The van der Waals surface area contributed by atoms with Crippen molar-refractivity contribution >= 4 is 5.97 Å². The molecule has 0 unspecified atom stereocenters. The molecule has 0 aromatic rings. The number of hydrogen-bond donors (Lipinski definition) is 2. The smallest absolute Gasteiger partial charge is 0.307 e. The molecule has 1 aliphatic rings. The molecule has 3 heteroatoms. The fourth-order valence-corrected chi connectivity index (χ4v) is 1.67. The zero-order valence-corrected chi connectivity index (χ0v) is 6.29. The van der Waals surface area contributed by atoms with Gasteiger partial charge in [0.1, 0.15) is 0 Å². The molecule has 0 aromatic heterocycles. The van der Waals surface area contributed by atoms with Crippen LogP contribution in [0.3, 0.4) is 0 Å². The van der Waals surface area contributed by atoms with Crippen LogP contribution in [0.15, 0.2) is 0 Å². The lowest BCUT2D eigenvalue weighted by Gasteiger charge is -1.96. The van der Waals surface area contributed by atoms with Gasteiger partial charge >= 0.3 is 5.97 Å². The van der Waals surface area contributed by atoms with Crippen molar-refractivity contribution in [1.82, 2.24) is 0 Å². The summed E-state index contributed by atoms with van der Waals surface area (Å²) in [5, 5.41) is 8.63. The standard InChI is InChI=1S/C7H13NO2/c1-7(2)4(3-8)5(7)6(9)10/h4-5H,3,8H2,1-2H3,(H,9,10)/t4-,5-/m0/s1. The van der Waals surface area contributed by atoms with E-state index < -0.39 is 5.97 Å². The normalized spacial score (nSPS) is 35.5. The fourth-order valence-electron chi connectivity index (χ4n) is 1.67. The van der Waals surface area contributed by atoms with E-state index in [9.17, 15) is 4.79 Å². The Balaban J connectivity index is 2.61. The Labute approximate surface area is 60.2 Å². The van der Waals surface area contributed by atoms with E-state index in [0.717, 1.165) is 0 Å². The monoisotopic (exact) mass is 143 g/mol. The third-order valence-corrected chi connectivity index (χ3v) is 2.57. The molecule has 3 nitrogen and oxygen atoms in total. The summed E-state index contributed by atoms with van der Waals surface area (Å²) in [6.45, 7) is 4.39. The quantitative estimate of drug-likeness (QED) is 0.584. The highest BCUT2D eigenvalue weighted by Crippen LogP contribution is 2.57. The summed E-state index contributed by atoms with van der Waals surface area (Å²) >= 11 is 0. The van der Waals surface area contributed by atoms with Crippen LogP contribution in [0.25, 0.3) is 0 Å². The van der Waals surface area contributed by atoms with Crippen LogP contribution in [-0.2, 0) is 4.79 Å². The van der Waals surface area contributed by atoms with Crippen LogP contribution in [0.4, 0.5) is 0 Å². The van der Waals surface area contributed by atoms with Crippen LogP contribution >= 0.6 is 0 Å². The zero-order valence-electron chi connectivity index (χ0n) is 6.29. The van der Waals surface area contributed by atoms with Gasteiger partial charge in [-0.2, -0.15) is 0 Å². The van der Waals surface area contributed by atoms with E-state index in [1.165, 1.54) is 0 Å². The molecule has 0 aromatic carbocycles. The van der Waals surface area contributed by atoms with Crippen LogP contribution in [-0.4, -0.2) is 17.6 Å². The van der Waals surface area contributed by atoms with Crippen LogP contribution < -0.4 is 5.73 Å². The lowest BCUT2D eigenvalue weighted by molar-refractivity contribution is -0.139. The number of rotatable bonds is 2. The predicted molar refractivity (Wildman–Crippen MR) is 37.5 cm³/mol. The molecule has 2 atom stereocenters. The minimum atomic E-state index is -0.708. The molecule has 0 heterocycles. The molecule has 3 N–H and O–H groups in total. The Kier molecular flexibility index (Phi) is 1.47. The lowest BCUT2D eigenvalue weighted by atomic mass is 10.1. The van der Waals surface area contributed by atoms with Gasteiger partial charge in [0, 0.05) is 0 Å². The molecule has 1 saturated carbocycles. The van der Waals surface area contributed by atoms with Gasteiger partial charge < -0.3 is 10.8 Å². The molecule has 0 radical (unpaired) electrons. The second-order valence-corrected chi connectivity index (χ2v) is 3.48. The first-order valence-electron chi connectivity index (χ1n) is 3.44. The van der Waals surface area contributed by atoms with Gasteiger partial charge in [-0.1, -0.05) is 13.8 Å². The zero-order chi connectivity index (χ0) is 7.94. The van der Waals surface area contributed by atoms with Crippen molar-refractivity contribution in [3.05, 3.63) is 0 Å². The maximum absolute atomic E-state index is 10.5. The second kappa shape index (κ2) is 1.95. The number of carboxylic acid groups (broad SMARTS) is 1. The van der Waals surface area contributed by atoms with Crippen LogP contribution in [0, 0.1) is 17.3 Å². The summed E-state index contributed by atoms with van der Waals surface area (Å²) in [4.78, 5) is 10.5. The number of carboxylic acids is 1. The summed E-state index contributed by atoms with van der Waals surface area (Å²) in [6, 6.07) is 0. The van der Waals surface area contributed by atoms with E-state index in [1.54, 1.807) is 0 Å². The van der Waals surface area contributed by atoms with Gasteiger partial charge in [-0.05, 0) is 17.9 Å². The van der Waals surface area contributed by atoms with Crippen molar-refractivity contribution in [3.8, 4) is 0 Å². The highest BCUT2D eigenvalue weighted by molar-refractivity contribution is 5.75. The van der Waals surface area contributed by atoms with E-state index >= 15 is 0 Å². The van der Waals surface area contributed by atoms with Crippen molar-refractivity contribution in [3.63, 3.8) is 0 Å². The molecule has 1 fully saturated rings. The van der Waals surface area contributed by atoms with Crippen molar-refractivity contribution in [1.29, 1.82) is 0 Å². The molecule has 58 valence electrons. The SMILES string of the molecule is CC1(C)[C@H](C(=O)O)[C@@H]1CN. The number of hydrogen-bond acceptors (Lipinski definition) is 2. The minimum Gasteiger partial charge on any atom is -0.481 e. The number of aliphatic carboxylic acids is 1. The largest absolute Gasteiger partial charge is 0.481 e. The predicted octanol–water partition coefficient (Wildman–Crippen LogP) is 0.302. The molecular formula is C7H13NO2. The van der Waals surface area contributed by atoms with Gasteiger partial charge in [0.25, 0.3) is 0 Å². The molecule has 0 saturated heterocycles. The molecule has 0 spiro atoms. The topological polar surface area (TPSA) is 63.3 Å². The Bertz CT molecular complexity index is 165. The van der Waals surface area contributed by atoms with Gasteiger partial charge in [-0.25, -0.2) is 0 Å². The Morgan fingerprint density at radius 1 is 1.70 bits per heavy atom. The fraction of sp³-hybridized carbons (Fsp3) is 0.857. The number of nitrogens with two attached hydrogens (primary N) is 1. The van der Waals surface area contributed by atoms with Crippen molar-refractivity contribution < 1.29 is 9.90 Å². The molecule has 1 aliphatic carbocycles. The van der Waals surface area contributed by atoms with Crippen LogP contribution in [0.5, 0.6) is 0 Å². The Hall–Kier alpha value is -0.570. The lowest BCUT2D eigenvalue weighted by Crippen LogP contribution is -2.07. The van der Waals surface area contributed by atoms with Gasteiger partial charge in [0.15, 0.2) is 0 Å². The summed E-state index contributed by atoms with van der Waals surface area (Å²) in [5.74, 6) is -0.733. The third-order valence-electron chi connectivity index (χ3n) is 2.57. The van der Waals surface area contributed by atoms with Crippen molar-refractivity contribution in [2.24, 2.45) is 23.0 Å². The summed E-state index contributed by atoms with van der Waals surface area (Å²) in [5.41, 5.74) is 5.31. The van der Waals surface area contributed by atoms with Crippen LogP contribution in [0.1, 0.15) is 13.8 Å². The van der Waals surface area contributed by atoms with E-state index in [0.29, 0.717) is 6.54 Å². The molecule has 0 amide bonds. The first kappa shape index (κ1) is 7.54. The average Bonchev–Trinajstić information content (AvgIpc) is 2.33. The summed E-state index contributed by atoms with van der Waals surface area (Å²) in [6.07, 6.45) is 0. The second-order valence-electron chi connectivity index (χ2n) is 3.48. The maximum Gasteiger partial charge on any atom is 0.307 e. The third kappa shape index (κ3) is 0.814. The number of carbonyl (C=O) groups is 1. The van der Waals surface area contributed by atoms with Gasteiger partial charge in [0.05, 0.1) is 5.92 Å². The minimum absolute atomic E-state index is 0.0689. The van der Waals surface area contributed by atoms with Crippen molar-refractivity contribution in [2.75, 3.05) is 6.54 Å². The highest BCUT2D eigenvalue weighted by Gasteiger charge is 2.61. The summed E-state index contributed by atoms with van der Waals surface area (Å²) < 4.78 is 0. The van der Waals surface area contributed by atoms with Gasteiger partial charge in [-0.3, -0.25) is 4.79 Å². The maximum atomic E-state index is 10.5. The average molecular weight is 143 g/mol. The highest BCUT2D eigenvalue weighted by atomic mass is 16.4. The van der Waals surface area contributed by atoms with Gasteiger partial charge in [0.2, 0.25) is 0 Å². The molecule has 10 heavy (non-hydrogen) atoms. The first-order valence-corrected chi connectivity index (χ1v) is 3.44. The van der Waals surface area contributed by atoms with Gasteiger partial charge in [-0.15, -0.1) is 0 Å².